The lowest BCUT2D eigenvalue weighted by Crippen LogP contribution is -2.41. The van der Waals surface area contributed by atoms with Crippen molar-refractivity contribution in [3.05, 3.63) is 212 Å². The van der Waals surface area contributed by atoms with Crippen LogP contribution < -0.4 is 10.1 Å². The van der Waals surface area contributed by atoms with Crippen molar-refractivity contribution in [1.82, 2.24) is 10.3 Å². The van der Waals surface area contributed by atoms with Crippen LogP contribution in [-0.4, -0.2) is 22.9 Å². The van der Waals surface area contributed by atoms with Gasteiger partial charge in [-0.2, -0.15) is 0 Å². The van der Waals surface area contributed by atoms with Gasteiger partial charge in [0.2, 0.25) is 0 Å². The number of nitrogens with zero attached hydrogens (tertiary/aromatic N) is 2. The molecule has 0 saturated heterocycles. The fourth-order valence-corrected chi connectivity index (χ4v) is 7.60. The van der Waals surface area contributed by atoms with Crippen molar-refractivity contribution in [2.75, 3.05) is 0 Å². The number of fused-ring (bicyclic) bond motifs is 4. The van der Waals surface area contributed by atoms with Gasteiger partial charge in [0, 0.05) is 35.5 Å². The SMILES string of the molecule is C=C/C=C1\CC(N/C(=N\C(=N)c2ccccc2)c2cc(-c3ccc(-c4ccncc4)cc3)cc(-c3cc4ccccc4c4ccccc34)c2)Oc2ccccc21. The van der Waals surface area contributed by atoms with Crippen LogP contribution in [0.1, 0.15) is 23.1 Å². The van der Waals surface area contributed by atoms with E-state index in [4.69, 9.17) is 9.73 Å². The van der Waals surface area contributed by atoms with Crippen molar-refractivity contribution >= 4 is 38.8 Å². The minimum atomic E-state index is -0.452. The van der Waals surface area contributed by atoms with Crippen molar-refractivity contribution in [3.63, 3.8) is 0 Å². The molecule has 0 aliphatic carbocycles. The third kappa shape index (κ3) is 6.90. The monoisotopic (exact) mass is 722 g/mol. The molecule has 8 aromatic rings. The molecule has 0 radical (unpaired) electrons. The number of allylic oxidation sites excluding steroid dienone is 2. The predicted octanol–water partition coefficient (Wildman–Crippen LogP) is 12.1. The zero-order valence-corrected chi connectivity index (χ0v) is 30.7. The highest BCUT2D eigenvalue weighted by Gasteiger charge is 2.25. The lowest BCUT2D eigenvalue weighted by atomic mass is 9.90. The molecule has 1 unspecified atom stereocenters. The van der Waals surface area contributed by atoms with E-state index in [2.05, 4.69) is 120 Å². The van der Waals surface area contributed by atoms with Crippen LogP contribution in [-0.2, 0) is 0 Å². The largest absolute Gasteiger partial charge is 0.470 e. The molecule has 1 aromatic heterocycles. The van der Waals surface area contributed by atoms with Crippen LogP contribution in [0, 0.1) is 5.41 Å². The van der Waals surface area contributed by atoms with Crippen molar-refractivity contribution < 1.29 is 4.74 Å². The average Bonchev–Trinajstić information content (AvgIpc) is 3.26. The van der Waals surface area contributed by atoms with Gasteiger partial charge in [0.15, 0.2) is 12.1 Å². The normalized spacial score (nSPS) is 14.6. The molecule has 5 nitrogen and oxygen atoms in total. The summed E-state index contributed by atoms with van der Waals surface area (Å²) in [5.74, 6) is 1.48. The number of ether oxygens (including phenoxy) is 1. The van der Waals surface area contributed by atoms with Gasteiger partial charge in [0.25, 0.3) is 0 Å². The van der Waals surface area contributed by atoms with Gasteiger partial charge < -0.3 is 10.1 Å². The second-order valence-electron chi connectivity index (χ2n) is 13.9. The number of aliphatic imine (C=N–C) groups is 1. The molecule has 2 N–H and O–H groups in total. The second-order valence-corrected chi connectivity index (χ2v) is 13.9. The molecule has 56 heavy (non-hydrogen) atoms. The molecule has 2 heterocycles. The number of nitrogens with one attached hydrogen (secondary N) is 2. The number of benzene rings is 7. The average molecular weight is 723 g/mol. The number of para-hydroxylation sites is 1. The van der Waals surface area contributed by atoms with Crippen LogP contribution in [0.5, 0.6) is 5.75 Å². The fourth-order valence-electron chi connectivity index (χ4n) is 7.60. The Morgan fingerprint density at radius 1 is 0.625 bits per heavy atom. The molecule has 0 bridgehead atoms. The number of rotatable bonds is 7. The number of amidine groups is 2. The Bertz CT molecular complexity index is 2810. The van der Waals surface area contributed by atoms with E-state index in [0.717, 1.165) is 66.8 Å². The molecule has 5 heteroatoms. The summed E-state index contributed by atoms with van der Waals surface area (Å²) >= 11 is 0. The first-order valence-corrected chi connectivity index (χ1v) is 18.8. The summed E-state index contributed by atoms with van der Waals surface area (Å²) in [5, 5.41) is 17.6. The van der Waals surface area contributed by atoms with Gasteiger partial charge in [-0.1, -0.05) is 140 Å². The third-order valence-corrected chi connectivity index (χ3v) is 10.3. The maximum Gasteiger partial charge on any atom is 0.175 e. The highest BCUT2D eigenvalue weighted by Crippen LogP contribution is 2.39. The van der Waals surface area contributed by atoms with Gasteiger partial charge >= 0.3 is 0 Å². The van der Waals surface area contributed by atoms with Crippen LogP contribution in [0.3, 0.4) is 0 Å². The standard InChI is InChI=1S/C51H38N4O/c1-2-12-38-33-49(56-48-20-11-10-17-44(38)48)54-51(55-50(52)37-13-4-3-5-14-37)42-30-40(35-23-21-34(22-24-35)36-25-27-53-28-26-36)29-41(31-42)47-32-39-15-6-7-16-43(39)45-18-8-9-19-46(45)47/h2-32,49H,1,33H2,(H2,52,54,55)/b38-12+. The summed E-state index contributed by atoms with van der Waals surface area (Å²) in [5.41, 5.74) is 10.2. The molecule has 1 atom stereocenters. The molecular formula is C51H38N4O. The van der Waals surface area contributed by atoms with Gasteiger partial charge in [0.1, 0.15) is 11.6 Å². The zero-order chi connectivity index (χ0) is 37.8. The number of pyridine rings is 1. The highest BCUT2D eigenvalue weighted by molar-refractivity contribution is 6.15. The van der Waals surface area contributed by atoms with E-state index < -0.39 is 6.23 Å². The van der Waals surface area contributed by atoms with Gasteiger partial charge in [-0.15, -0.1) is 0 Å². The van der Waals surface area contributed by atoms with Gasteiger partial charge in [-0.05, 0) is 103 Å². The summed E-state index contributed by atoms with van der Waals surface area (Å²) in [7, 11) is 0. The van der Waals surface area contributed by atoms with E-state index in [1.807, 2.05) is 85.2 Å². The third-order valence-electron chi connectivity index (χ3n) is 10.3. The van der Waals surface area contributed by atoms with Crippen molar-refractivity contribution in [3.8, 4) is 39.1 Å². The summed E-state index contributed by atoms with van der Waals surface area (Å²) in [6, 6.07) is 56.5. The first-order chi connectivity index (χ1) is 27.6. The van der Waals surface area contributed by atoms with E-state index >= 15 is 0 Å². The van der Waals surface area contributed by atoms with Crippen LogP contribution in [0.2, 0.25) is 0 Å². The van der Waals surface area contributed by atoms with Crippen LogP contribution in [0.25, 0.3) is 60.5 Å². The van der Waals surface area contributed by atoms with Crippen LogP contribution in [0.15, 0.2) is 200 Å². The smallest absolute Gasteiger partial charge is 0.175 e. The Labute approximate surface area is 326 Å². The lowest BCUT2D eigenvalue weighted by Gasteiger charge is -2.30. The van der Waals surface area contributed by atoms with Crippen molar-refractivity contribution in [1.29, 1.82) is 5.41 Å². The summed E-state index contributed by atoms with van der Waals surface area (Å²) < 4.78 is 6.60. The quantitative estimate of drug-likeness (QED) is 0.0977. The van der Waals surface area contributed by atoms with Crippen molar-refractivity contribution in [2.24, 2.45) is 4.99 Å². The van der Waals surface area contributed by atoms with E-state index in [-0.39, 0.29) is 5.84 Å². The van der Waals surface area contributed by atoms with Gasteiger partial charge in [0.05, 0.1) is 0 Å². The molecule has 7 aromatic carbocycles. The lowest BCUT2D eigenvalue weighted by molar-refractivity contribution is 0.184. The van der Waals surface area contributed by atoms with E-state index in [1.165, 1.54) is 16.2 Å². The highest BCUT2D eigenvalue weighted by atomic mass is 16.5. The summed E-state index contributed by atoms with van der Waals surface area (Å²) in [6.45, 7) is 3.98. The summed E-state index contributed by atoms with van der Waals surface area (Å²) in [6.07, 6.45) is 7.62. The van der Waals surface area contributed by atoms with Gasteiger partial charge in [-0.25, -0.2) is 4.99 Å². The van der Waals surface area contributed by atoms with E-state index in [0.29, 0.717) is 12.3 Å². The molecule has 0 fully saturated rings. The maximum absolute atomic E-state index is 9.19. The number of hydrogen-bond donors (Lipinski definition) is 2. The molecule has 0 spiro atoms. The molecule has 268 valence electrons. The molecule has 0 amide bonds. The number of hydrogen-bond acceptors (Lipinski definition) is 3. The Morgan fingerprint density at radius 3 is 2.05 bits per heavy atom. The molecule has 9 rings (SSSR count). The summed E-state index contributed by atoms with van der Waals surface area (Å²) in [4.78, 5) is 9.24. The number of aromatic nitrogens is 1. The van der Waals surface area contributed by atoms with Gasteiger partial charge in [-0.3, -0.25) is 10.4 Å². The first kappa shape index (κ1) is 34.4. The molecule has 0 saturated carbocycles. The van der Waals surface area contributed by atoms with E-state index in [1.54, 1.807) is 0 Å². The minimum absolute atomic E-state index is 0.149. The van der Waals surface area contributed by atoms with E-state index in [9.17, 15) is 5.41 Å². The molecular weight excluding hydrogens is 685 g/mol. The predicted molar refractivity (Wildman–Crippen MR) is 232 cm³/mol. The van der Waals surface area contributed by atoms with Crippen molar-refractivity contribution in [2.45, 2.75) is 12.6 Å². The van der Waals surface area contributed by atoms with Crippen LogP contribution in [0.4, 0.5) is 0 Å². The topological polar surface area (TPSA) is 70.4 Å². The zero-order valence-electron chi connectivity index (χ0n) is 30.7. The minimum Gasteiger partial charge on any atom is -0.470 e. The molecule has 1 aliphatic heterocycles. The Morgan fingerprint density at radius 2 is 1.27 bits per heavy atom. The Balaban J connectivity index is 1.23. The van der Waals surface area contributed by atoms with Crippen LogP contribution >= 0.6 is 0 Å². The molecule has 1 aliphatic rings. The second kappa shape index (κ2) is 15.2. The first-order valence-electron chi connectivity index (χ1n) is 18.8. The Kier molecular flexibility index (Phi) is 9.32. The fraction of sp³-hybridized carbons (Fsp3) is 0.0392. The Hall–Kier alpha value is -7.37. The maximum atomic E-state index is 9.19.